The van der Waals surface area contributed by atoms with Crippen molar-refractivity contribution in [3.05, 3.63) is 65.0 Å². The Morgan fingerprint density at radius 1 is 0.840 bits per heavy atom. The number of hydrogen-bond acceptors (Lipinski definition) is 5. The molecule has 0 atom stereocenters. The van der Waals surface area contributed by atoms with E-state index in [2.05, 4.69) is 0 Å². The normalized spacial score (nSPS) is 10.7. The van der Waals surface area contributed by atoms with Crippen LogP contribution in [-0.2, 0) is 0 Å². The van der Waals surface area contributed by atoms with E-state index in [-0.39, 0.29) is 5.75 Å². The van der Waals surface area contributed by atoms with E-state index in [1.165, 1.54) is 0 Å². The summed E-state index contributed by atoms with van der Waals surface area (Å²) in [6.07, 6.45) is 2.87. The van der Waals surface area contributed by atoms with Crippen molar-refractivity contribution in [2.75, 3.05) is 13.2 Å². The molecular formula is C20H20O5. The minimum absolute atomic E-state index is 0.102. The summed E-state index contributed by atoms with van der Waals surface area (Å²) in [6.45, 7) is 1.27. The summed E-state index contributed by atoms with van der Waals surface area (Å²) in [7, 11) is 0. The van der Waals surface area contributed by atoms with Gasteiger partial charge in [0, 0.05) is 0 Å². The molecule has 0 radical (unpaired) electrons. The monoisotopic (exact) mass is 340 g/mol. The predicted octanol–water partition coefficient (Wildman–Crippen LogP) is 4.13. The van der Waals surface area contributed by atoms with Gasteiger partial charge in [-0.1, -0.05) is 18.2 Å². The maximum atomic E-state index is 11.2. The van der Waals surface area contributed by atoms with Crippen LogP contribution in [0.2, 0.25) is 0 Å². The molecule has 0 aliphatic rings. The van der Waals surface area contributed by atoms with Gasteiger partial charge in [0.1, 0.15) is 22.8 Å². The third-order valence-electron chi connectivity index (χ3n) is 3.76. The van der Waals surface area contributed by atoms with Crippen LogP contribution in [0, 0.1) is 0 Å². The van der Waals surface area contributed by atoms with Gasteiger partial charge in [-0.2, -0.15) is 0 Å². The van der Waals surface area contributed by atoms with Crippen molar-refractivity contribution in [3.63, 3.8) is 0 Å². The Morgan fingerprint density at radius 2 is 1.56 bits per heavy atom. The number of aromatic hydroxyl groups is 1. The van der Waals surface area contributed by atoms with Gasteiger partial charge in [0.2, 0.25) is 0 Å². The Kier molecular flexibility index (Phi) is 5.57. The molecule has 1 aromatic heterocycles. The third-order valence-corrected chi connectivity index (χ3v) is 3.76. The molecule has 2 aromatic carbocycles. The summed E-state index contributed by atoms with van der Waals surface area (Å²) in [5.74, 6) is 1.42. The van der Waals surface area contributed by atoms with E-state index in [0.717, 1.165) is 31.1 Å². The number of benzene rings is 2. The molecule has 0 aliphatic heterocycles. The van der Waals surface area contributed by atoms with Gasteiger partial charge in [-0.05, 0) is 49.6 Å². The van der Waals surface area contributed by atoms with Crippen LogP contribution in [0.15, 0.2) is 63.8 Å². The van der Waals surface area contributed by atoms with Gasteiger partial charge >= 0.3 is 5.63 Å². The highest BCUT2D eigenvalue weighted by molar-refractivity contribution is 5.84. The van der Waals surface area contributed by atoms with Crippen molar-refractivity contribution in [1.29, 1.82) is 0 Å². The van der Waals surface area contributed by atoms with Gasteiger partial charge in [0.05, 0.1) is 24.7 Å². The molecule has 25 heavy (non-hydrogen) atoms. The quantitative estimate of drug-likeness (QED) is 0.493. The van der Waals surface area contributed by atoms with E-state index in [9.17, 15) is 9.90 Å². The van der Waals surface area contributed by atoms with Crippen molar-refractivity contribution < 1.29 is 19.0 Å². The molecular weight excluding hydrogens is 320 g/mol. The zero-order valence-corrected chi connectivity index (χ0v) is 13.8. The smallest absolute Gasteiger partial charge is 0.339 e. The maximum Gasteiger partial charge on any atom is 0.339 e. The first kappa shape index (κ1) is 16.9. The van der Waals surface area contributed by atoms with E-state index in [1.54, 1.807) is 18.2 Å². The number of unbranched alkanes of at least 4 members (excludes halogenated alkanes) is 2. The molecule has 0 saturated heterocycles. The molecule has 0 aliphatic carbocycles. The number of ether oxygens (including phenoxy) is 2. The third kappa shape index (κ3) is 4.76. The first-order valence-corrected chi connectivity index (χ1v) is 8.30. The lowest BCUT2D eigenvalue weighted by Gasteiger charge is -2.08. The van der Waals surface area contributed by atoms with Gasteiger partial charge in [-0.15, -0.1) is 0 Å². The molecule has 5 nitrogen and oxygen atoms in total. The van der Waals surface area contributed by atoms with Crippen LogP contribution in [0.4, 0.5) is 0 Å². The summed E-state index contributed by atoms with van der Waals surface area (Å²) in [6, 6.07) is 15.8. The zero-order valence-electron chi connectivity index (χ0n) is 13.8. The van der Waals surface area contributed by atoms with Crippen molar-refractivity contribution >= 4 is 11.0 Å². The van der Waals surface area contributed by atoms with Gasteiger partial charge in [0.25, 0.3) is 0 Å². The second-order valence-electron chi connectivity index (χ2n) is 5.68. The largest absolute Gasteiger partial charge is 0.507 e. The van der Waals surface area contributed by atoms with Crippen molar-refractivity contribution in [3.8, 4) is 17.2 Å². The fourth-order valence-corrected chi connectivity index (χ4v) is 2.49. The van der Waals surface area contributed by atoms with Crippen LogP contribution in [-0.4, -0.2) is 18.3 Å². The fraction of sp³-hybridized carbons (Fsp3) is 0.250. The van der Waals surface area contributed by atoms with Crippen LogP contribution in [0.25, 0.3) is 11.0 Å². The molecule has 0 unspecified atom stereocenters. The number of para-hydroxylation sites is 1. The first-order valence-electron chi connectivity index (χ1n) is 8.30. The lowest BCUT2D eigenvalue weighted by Crippen LogP contribution is -2.01. The number of fused-ring (bicyclic) bond motifs is 1. The molecule has 0 amide bonds. The topological polar surface area (TPSA) is 68.9 Å². The molecule has 5 heteroatoms. The van der Waals surface area contributed by atoms with Crippen LogP contribution in [0.1, 0.15) is 19.3 Å². The lowest BCUT2D eigenvalue weighted by molar-refractivity contribution is 0.279. The molecule has 0 bridgehead atoms. The van der Waals surface area contributed by atoms with Gasteiger partial charge in [-0.25, -0.2) is 4.79 Å². The second kappa shape index (κ2) is 8.24. The van der Waals surface area contributed by atoms with Gasteiger partial charge < -0.3 is 19.0 Å². The van der Waals surface area contributed by atoms with Crippen LogP contribution in [0.3, 0.4) is 0 Å². The fourth-order valence-electron chi connectivity index (χ4n) is 2.49. The van der Waals surface area contributed by atoms with Crippen LogP contribution < -0.4 is 15.1 Å². The average molecular weight is 340 g/mol. The lowest BCUT2D eigenvalue weighted by atomic mass is 10.2. The minimum atomic E-state index is -0.573. The molecule has 130 valence electrons. The molecule has 3 aromatic rings. The zero-order chi connectivity index (χ0) is 17.5. The van der Waals surface area contributed by atoms with E-state index in [4.69, 9.17) is 13.9 Å². The highest BCUT2D eigenvalue weighted by atomic mass is 16.5. The van der Waals surface area contributed by atoms with Crippen molar-refractivity contribution in [2.24, 2.45) is 0 Å². The summed E-state index contributed by atoms with van der Waals surface area (Å²) >= 11 is 0. The second-order valence-corrected chi connectivity index (χ2v) is 5.68. The molecule has 3 rings (SSSR count). The molecule has 1 N–H and O–H groups in total. The Hall–Kier alpha value is -2.95. The standard InChI is InChI=1S/C20H20O5/c21-18-14-20(22)25-19-10-9-16(13-17(18)19)24-12-6-2-5-11-23-15-7-3-1-4-8-15/h1,3-4,7-10,13-14,21H,2,5-6,11-12H2. The summed E-state index contributed by atoms with van der Waals surface area (Å²) in [5.41, 5.74) is -0.230. The Morgan fingerprint density at radius 3 is 2.32 bits per heavy atom. The summed E-state index contributed by atoms with van der Waals surface area (Å²) in [5, 5.41) is 10.3. The van der Waals surface area contributed by atoms with Crippen LogP contribution >= 0.6 is 0 Å². The SMILES string of the molecule is O=c1cc(O)c2cc(OCCCCCOc3ccccc3)ccc2o1. The summed E-state index contributed by atoms with van der Waals surface area (Å²) in [4.78, 5) is 11.2. The van der Waals surface area contributed by atoms with Crippen molar-refractivity contribution in [2.45, 2.75) is 19.3 Å². The minimum Gasteiger partial charge on any atom is -0.507 e. The van der Waals surface area contributed by atoms with Gasteiger partial charge in [0.15, 0.2) is 0 Å². The molecule has 1 heterocycles. The first-order chi connectivity index (χ1) is 12.2. The number of rotatable bonds is 8. The molecule has 0 fully saturated rings. The maximum absolute atomic E-state index is 11.2. The molecule has 0 saturated carbocycles. The van der Waals surface area contributed by atoms with E-state index in [1.807, 2.05) is 30.3 Å². The Labute approximate surface area is 145 Å². The highest BCUT2D eigenvalue weighted by Crippen LogP contribution is 2.26. The van der Waals surface area contributed by atoms with Crippen LogP contribution in [0.5, 0.6) is 17.2 Å². The predicted molar refractivity (Wildman–Crippen MR) is 95.4 cm³/mol. The number of hydrogen-bond donors (Lipinski definition) is 1. The van der Waals surface area contributed by atoms with E-state index >= 15 is 0 Å². The molecule has 0 spiro atoms. The Bertz CT molecular complexity index is 870. The Balaban J connectivity index is 1.40. The van der Waals surface area contributed by atoms with Crippen molar-refractivity contribution in [1.82, 2.24) is 0 Å². The average Bonchev–Trinajstić information content (AvgIpc) is 2.62. The van der Waals surface area contributed by atoms with E-state index < -0.39 is 5.63 Å². The highest BCUT2D eigenvalue weighted by Gasteiger charge is 2.06. The van der Waals surface area contributed by atoms with E-state index in [0.29, 0.717) is 29.9 Å². The summed E-state index contributed by atoms with van der Waals surface area (Å²) < 4.78 is 16.3. The van der Waals surface area contributed by atoms with Gasteiger partial charge in [-0.3, -0.25) is 0 Å².